The number of carboxylic acid groups (broad SMARTS) is 1. The number of hydrogen-bond donors (Lipinski definition) is 1. The summed E-state index contributed by atoms with van der Waals surface area (Å²) < 4.78 is 19.3. The van der Waals surface area contributed by atoms with Gasteiger partial charge < -0.3 is 9.84 Å². The maximum Gasteiger partial charge on any atom is 0.338 e. The van der Waals surface area contributed by atoms with Crippen LogP contribution in [0.25, 0.3) is 16.9 Å². The van der Waals surface area contributed by atoms with Crippen molar-refractivity contribution in [2.24, 2.45) is 0 Å². The molecule has 1 aromatic carbocycles. The van der Waals surface area contributed by atoms with Crippen molar-refractivity contribution in [3.63, 3.8) is 0 Å². The van der Waals surface area contributed by atoms with Gasteiger partial charge in [0.1, 0.15) is 5.75 Å². The number of halogens is 1. The van der Waals surface area contributed by atoms with E-state index in [2.05, 4.69) is 16.2 Å². The van der Waals surface area contributed by atoms with Crippen LogP contribution >= 0.6 is 0 Å². The quantitative estimate of drug-likeness (QED) is 0.757. The summed E-state index contributed by atoms with van der Waals surface area (Å²) in [6.07, 6.45) is 2.53. The second kappa shape index (κ2) is 7.03. The Balaban J connectivity index is 1.99. The number of ether oxygens (including phenoxy) is 1. The zero-order valence-electron chi connectivity index (χ0n) is 13.6. The lowest BCUT2D eigenvalue weighted by atomic mass is 10.0. The minimum absolute atomic E-state index is 0.0135. The summed E-state index contributed by atoms with van der Waals surface area (Å²) in [5.41, 5.74) is 1.51. The molecular weight excluding hydrogens is 339 g/mol. The summed E-state index contributed by atoms with van der Waals surface area (Å²) in [4.78, 5) is 15.2. The Bertz CT molecular complexity index is 1010. The number of hydrogen-bond acceptors (Lipinski definition) is 5. The fourth-order valence-corrected chi connectivity index (χ4v) is 2.38. The first-order chi connectivity index (χ1) is 12.5. The molecular formula is C18H13FN4O3. The van der Waals surface area contributed by atoms with E-state index in [-0.39, 0.29) is 5.56 Å². The molecule has 26 heavy (non-hydrogen) atoms. The number of pyridine rings is 1. The third-order valence-electron chi connectivity index (χ3n) is 3.52. The van der Waals surface area contributed by atoms with Gasteiger partial charge in [0.2, 0.25) is 6.36 Å². The molecule has 0 aliphatic carbocycles. The van der Waals surface area contributed by atoms with Crippen LogP contribution in [0, 0.1) is 11.3 Å². The number of carboxylic acids is 1. The van der Waals surface area contributed by atoms with Crippen LogP contribution in [0.5, 0.6) is 5.75 Å². The van der Waals surface area contributed by atoms with Crippen molar-refractivity contribution < 1.29 is 19.0 Å². The Hall–Kier alpha value is -3.73. The molecule has 8 heteroatoms. The molecule has 0 amide bonds. The van der Waals surface area contributed by atoms with Gasteiger partial charge in [-0.1, -0.05) is 12.1 Å². The number of aromatic carboxylic acids is 1. The van der Waals surface area contributed by atoms with E-state index in [1.54, 1.807) is 24.3 Å². The van der Waals surface area contributed by atoms with E-state index in [0.29, 0.717) is 28.3 Å². The fourth-order valence-electron chi connectivity index (χ4n) is 2.38. The number of nitrogens with zero attached hydrogens (tertiary/aromatic N) is 4. The Morgan fingerprint density at radius 1 is 1.38 bits per heavy atom. The molecule has 0 aliphatic heterocycles. The Labute approximate surface area is 147 Å². The zero-order valence-corrected chi connectivity index (χ0v) is 13.6. The molecule has 1 N–H and O–H groups in total. The minimum Gasteiger partial charge on any atom is -0.478 e. The smallest absolute Gasteiger partial charge is 0.338 e. The third-order valence-corrected chi connectivity index (χ3v) is 3.52. The summed E-state index contributed by atoms with van der Waals surface area (Å²) >= 11 is 0. The first-order valence-corrected chi connectivity index (χ1v) is 7.57. The van der Waals surface area contributed by atoms with Crippen LogP contribution in [-0.2, 0) is 0 Å². The highest BCUT2D eigenvalue weighted by Gasteiger charge is 2.12. The minimum atomic E-state index is -1.45. The van der Waals surface area contributed by atoms with E-state index < -0.39 is 12.3 Å². The van der Waals surface area contributed by atoms with E-state index in [1.807, 2.05) is 0 Å². The number of carbonyl (C=O) groups is 1. The number of alkyl halides is 1. The lowest BCUT2D eigenvalue weighted by Crippen LogP contribution is -2.03. The van der Waals surface area contributed by atoms with Crippen LogP contribution in [0.1, 0.15) is 22.8 Å². The van der Waals surface area contributed by atoms with Gasteiger partial charge in [0.05, 0.1) is 23.4 Å². The molecule has 0 saturated carbocycles. The van der Waals surface area contributed by atoms with E-state index in [9.17, 15) is 14.4 Å². The molecule has 0 radical (unpaired) electrons. The van der Waals surface area contributed by atoms with Gasteiger partial charge in [-0.05, 0) is 17.7 Å². The van der Waals surface area contributed by atoms with Gasteiger partial charge in [-0.25, -0.2) is 18.9 Å². The van der Waals surface area contributed by atoms with Gasteiger partial charge in [-0.3, -0.25) is 0 Å². The number of aromatic nitrogens is 3. The van der Waals surface area contributed by atoms with E-state index >= 15 is 0 Å². The van der Waals surface area contributed by atoms with Gasteiger partial charge >= 0.3 is 5.97 Å². The van der Waals surface area contributed by atoms with Crippen molar-refractivity contribution in [2.45, 2.75) is 13.3 Å². The van der Waals surface area contributed by atoms with Crippen LogP contribution in [0.3, 0.4) is 0 Å². The van der Waals surface area contributed by atoms with E-state index in [1.165, 1.54) is 36.3 Å². The second-order valence-corrected chi connectivity index (χ2v) is 5.37. The van der Waals surface area contributed by atoms with Crippen molar-refractivity contribution >= 4 is 5.97 Å². The predicted octanol–water partition coefficient (Wildman–Crippen LogP) is 3.20. The Morgan fingerprint density at radius 3 is 2.85 bits per heavy atom. The van der Waals surface area contributed by atoms with Gasteiger partial charge in [-0.2, -0.15) is 10.4 Å². The lowest BCUT2D eigenvalue weighted by Gasteiger charge is -2.10. The normalized spacial score (nSPS) is 11.6. The molecule has 2 heterocycles. The molecule has 1 unspecified atom stereocenters. The molecule has 3 aromatic rings. The average Bonchev–Trinajstić information content (AvgIpc) is 3.11. The Morgan fingerprint density at radius 2 is 2.19 bits per heavy atom. The van der Waals surface area contributed by atoms with Crippen molar-refractivity contribution in [3.8, 4) is 28.8 Å². The molecule has 0 saturated heterocycles. The van der Waals surface area contributed by atoms with Crippen LogP contribution in [0.4, 0.5) is 4.39 Å². The van der Waals surface area contributed by atoms with Gasteiger partial charge in [0.15, 0.2) is 5.82 Å². The van der Waals surface area contributed by atoms with E-state index in [4.69, 9.17) is 9.84 Å². The summed E-state index contributed by atoms with van der Waals surface area (Å²) in [5.74, 6) is -0.460. The van der Waals surface area contributed by atoms with Crippen molar-refractivity contribution in [2.75, 3.05) is 0 Å². The van der Waals surface area contributed by atoms with Crippen LogP contribution in [0.15, 0.2) is 48.9 Å². The topological polar surface area (TPSA) is 101 Å². The summed E-state index contributed by atoms with van der Waals surface area (Å²) in [6, 6.07) is 10.3. The van der Waals surface area contributed by atoms with Gasteiger partial charge in [-0.15, -0.1) is 0 Å². The van der Waals surface area contributed by atoms with E-state index in [0.717, 1.165) is 0 Å². The zero-order chi connectivity index (χ0) is 18.7. The first-order valence-electron chi connectivity index (χ1n) is 7.57. The number of rotatable bonds is 5. The summed E-state index contributed by atoms with van der Waals surface area (Å²) in [5, 5.41) is 22.4. The van der Waals surface area contributed by atoms with Crippen LogP contribution < -0.4 is 4.74 Å². The molecule has 0 spiro atoms. The number of benzene rings is 1. The average molecular weight is 352 g/mol. The Kier molecular flexibility index (Phi) is 4.62. The maximum atomic E-state index is 13.0. The van der Waals surface area contributed by atoms with Gasteiger partial charge in [0.25, 0.3) is 0 Å². The predicted molar refractivity (Wildman–Crippen MR) is 89.7 cm³/mol. The molecule has 0 fully saturated rings. The first kappa shape index (κ1) is 17.1. The van der Waals surface area contributed by atoms with Crippen molar-refractivity contribution in [1.82, 2.24) is 14.8 Å². The molecule has 130 valence electrons. The van der Waals surface area contributed by atoms with Crippen molar-refractivity contribution in [3.05, 3.63) is 60.0 Å². The molecule has 7 nitrogen and oxygen atoms in total. The lowest BCUT2D eigenvalue weighted by molar-refractivity contribution is 0.0696. The molecule has 3 rings (SSSR count). The SMILES string of the molecule is CC(F)Oc1cccc(-c2cnc(-n3cc(C(=O)O)cn3)cc2C#N)c1. The molecule has 2 aromatic heterocycles. The van der Waals surface area contributed by atoms with Crippen LogP contribution in [-0.4, -0.2) is 32.2 Å². The maximum absolute atomic E-state index is 13.0. The molecule has 1 atom stereocenters. The highest BCUT2D eigenvalue weighted by atomic mass is 19.1. The highest BCUT2D eigenvalue weighted by molar-refractivity contribution is 5.87. The van der Waals surface area contributed by atoms with Crippen LogP contribution in [0.2, 0.25) is 0 Å². The van der Waals surface area contributed by atoms with Gasteiger partial charge in [0, 0.05) is 30.9 Å². The highest BCUT2D eigenvalue weighted by Crippen LogP contribution is 2.27. The summed E-state index contributed by atoms with van der Waals surface area (Å²) in [6.45, 7) is 1.28. The molecule has 0 bridgehead atoms. The summed E-state index contributed by atoms with van der Waals surface area (Å²) in [7, 11) is 0. The monoisotopic (exact) mass is 352 g/mol. The fraction of sp³-hybridized carbons (Fsp3) is 0.111. The third kappa shape index (κ3) is 3.52. The van der Waals surface area contributed by atoms with Crippen molar-refractivity contribution in [1.29, 1.82) is 5.26 Å². The number of nitriles is 1. The standard InChI is InChI=1S/C18H13FN4O3/c1-11(19)26-15-4-2-3-12(5-15)16-9-21-17(6-13(16)7-20)23-10-14(8-22-23)18(24)25/h2-6,8-11H,1H3,(H,24,25). The second-order valence-electron chi connectivity index (χ2n) is 5.37. The molecule has 0 aliphatic rings. The largest absolute Gasteiger partial charge is 0.478 e.